The second-order valence-corrected chi connectivity index (χ2v) is 6.94. The molecule has 1 aromatic carbocycles. The smallest absolute Gasteiger partial charge is 0.114 e. The summed E-state index contributed by atoms with van der Waals surface area (Å²) in [5, 5.41) is 12.0. The van der Waals surface area contributed by atoms with Crippen LogP contribution in [0.2, 0.25) is 0 Å². The lowest BCUT2D eigenvalue weighted by Crippen LogP contribution is -2.26. The van der Waals surface area contributed by atoms with Crippen LogP contribution in [0.25, 0.3) is 11.3 Å². The molecule has 0 bridgehead atoms. The first-order chi connectivity index (χ1) is 12.3. The van der Waals surface area contributed by atoms with Crippen molar-refractivity contribution in [2.75, 3.05) is 13.1 Å². The standard InChI is InChI=1S/C18H18BrN5O/c19-15-5-3-13(4-6-15)12-25-18-10-21-9-17(18)24-11-16(22-23-24)14-2-1-7-20-8-14/h1-8,11,17-18,21H,9-10,12H2/t17-,18-/m1/s1. The van der Waals surface area contributed by atoms with E-state index in [0.717, 1.165) is 34.4 Å². The van der Waals surface area contributed by atoms with Gasteiger partial charge >= 0.3 is 0 Å². The number of benzene rings is 1. The minimum atomic E-state index is 0.0621. The molecule has 0 radical (unpaired) electrons. The van der Waals surface area contributed by atoms with E-state index in [-0.39, 0.29) is 12.1 Å². The number of hydrogen-bond donors (Lipinski definition) is 1. The molecule has 0 spiro atoms. The zero-order valence-corrected chi connectivity index (χ0v) is 15.1. The number of halogens is 1. The Balaban J connectivity index is 1.44. The van der Waals surface area contributed by atoms with Crippen molar-refractivity contribution in [3.63, 3.8) is 0 Å². The molecule has 0 unspecified atom stereocenters. The van der Waals surface area contributed by atoms with Gasteiger partial charge in [0.15, 0.2) is 0 Å². The molecule has 0 amide bonds. The normalized spacial score (nSPS) is 20.0. The van der Waals surface area contributed by atoms with E-state index in [1.165, 1.54) is 0 Å². The summed E-state index contributed by atoms with van der Waals surface area (Å²) in [6, 6.07) is 12.2. The highest BCUT2D eigenvalue weighted by Gasteiger charge is 2.30. The molecule has 128 valence electrons. The van der Waals surface area contributed by atoms with Gasteiger partial charge in [-0.15, -0.1) is 5.10 Å². The Morgan fingerprint density at radius 1 is 1.20 bits per heavy atom. The van der Waals surface area contributed by atoms with Crippen molar-refractivity contribution in [1.82, 2.24) is 25.3 Å². The van der Waals surface area contributed by atoms with E-state index in [4.69, 9.17) is 4.74 Å². The third-order valence-electron chi connectivity index (χ3n) is 4.31. The van der Waals surface area contributed by atoms with Gasteiger partial charge in [-0.25, -0.2) is 4.68 Å². The van der Waals surface area contributed by atoms with Gasteiger partial charge in [0.05, 0.1) is 24.9 Å². The summed E-state index contributed by atoms with van der Waals surface area (Å²) in [7, 11) is 0. The molecule has 2 atom stereocenters. The average Bonchev–Trinajstić information content (AvgIpc) is 3.31. The minimum absolute atomic E-state index is 0.0621. The third kappa shape index (κ3) is 3.78. The first kappa shape index (κ1) is 16.4. The molecule has 25 heavy (non-hydrogen) atoms. The minimum Gasteiger partial charge on any atom is -0.370 e. The van der Waals surface area contributed by atoms with Crippen molar-refractivity contribution in [2.45, 2.75) is 18.8 Å². The van der Waals surface area contributed by atoms with Crippen molar-refractivity contribution in [2.24, 2.45) is 0 Å². The molecule has 0 aliphatic carbocycles. The highest BCUT2D eigenvalue weighted by molar-refractivity contribution is 9.10. The van der Waals surface area contributed by atoms with Crippen LogP contribution < -0.4 is 5.32 Å². The summed E-state index contributed by atoms with van der Waals surface area (Å²) in [4.78, 5) is 4.13. The molecule has 3 aromatic rings. The lowest BCUT2D eigenvalue weighted by Gasteiger charge is -2.19. The van der Waals surface area contributed by atoms with Crippen LogP contribution in [0.15, 0.2) is 59.5 Å². The van der Waals surface area contributed by atoms with Crippen molar-refractivity contribution >= 4 is 15.9 Å². The van der Waals surface area contributed by atoms with Crippen molar-refractivity contribution < 1.29 is 4.74 Å². The SMILES string of the molecule is Brc1ccc(CO[C@@H]2CNC[C@H]2n2cc(-c3cccnc3)nn2)cc1. The molecule has 1 saturated heterocycles. The molecule has 1 aliphatic rings. The Hall–Kier alpha value is -2.09. The Morgan fingerprint density at radius 2 is 2.08 bits per heavy atom. The number of nitrogens with one attached hydrogen (secondary N) is 1. The van der Waals surface area contributed by atoms with Crippen LogP contribution in [-0.4, -0.2) is 39.2 Å². The second-order valence-electron chi connectivity index (χ2n) is 6.03. The topological polar surface area (TPSA) is 64.9 Å². The molecule has 3 heterocycles. The summed E-state index contributed by atoms with van der Waals surface area (Å²) >= 11 is 3.45. The lowest BCUT2D eigenvalue weighted by molar-refractivity contribution is 0.0259. The van der Waals surface area contributed by atoms with Gasteiger partial charge in [-0.3, -0.25) is 4.98 Å². The number of nitrogens with zero attached hydrogens (tertiary/aromatic N) is 4. The van der Waals surface area contributed by atoms with Crippen LogP contribution in [0.1, 0.15) is 11.6 Å². The van der Waals surface area contributed by atoms with Gasteiger partial charge in [0, 0.05) is 35.5 Å². The highest BCUT2D eigenvalue weighted by atomic mass is 79.9. The maximum Gasteiger partial charge on any atom is 0.114 e. The number of pyridine rings is 1. The van der Waals surface area contributed by atoms with E-state index < -0.39 is 0 Å². The predicted octanol–water partition coefficient (Wildman–Crippen LogP) is 2.83. The maximum atomic E-state index is 6.13. The second kappa shape index (κ2) is 7.43. The molecule has 1 aliphatic heterocycles. The van der Waals surface area contributed by atoms with Gasteiger partial charge in [0.1, 0.15) is 5.69 Å². The van der Waals surface area contributed by atoms with E-state index in [1.54, 1.807) is 12.4 Å². The Kier molecular flexibility index (Phi) is 4.87. The summed E-state index contributed by atoms with van der Waals surface area (Å²) in [5.41, 5.74) is 2.95. The van der Waals surface area contributed by atoms with Gasteiger partial charge in [0.2, 0.25) is 0 Å². The molecule has 1 fully saturated rings. The van der Waals surface area contributed by atoms with E-state index in [9.17, 15) is 0 Å². The zero-order valence-electron chi connectivity index (χ0n) is 13.5. The van der Waals surface area contributed by atoms with Crippen molar-refractivity contribution in [3.8, 4) is 11.3 Å². The third-order valence-corrected chi connectivity index (χ3v) is 4.84. The van der Waals surface area contributed by atoms with Crippen LogP contribution in [0, 0.1) is 0 Å². The first-order valence-corrected chi connectivity index (χ1v) is 8.98. The summed E-state index contributed by atoms with van der Waals surface area (Å²) in [6.07, 6.45) is 5.57. The maximum absolute atomic E-state index is 6.13. The van der Waals surface area contributed by atoms with Gasteiger partial charge in [0.25, 0.3) is 0 Å². The van der Waals surface area contributed by atoms with Gasteiger partial charge in [-0.05, 0) is 29.8 Å². The fraction of sp³-hybridized carbons (Fsp3) is 0.278. The fourth-order valence-electron chi connectivity index (χ4n) is 2.94. The number of hydrogen-bond acceptors (Lipinski definition) is 5. The zero-order chi connectivity index (χ0) is 17.1. The van der Waals surface area contributed by atoms with Crippen LogP contribution >= 0.6 is 15.9 Å². The molecule has 7 heteroatoms. The summed E-state index contributed by atoms with van der Waals surface area (Å²) < 4.78 is 9.10. The van der Waals surface area contributed by atoms with E-state index in [1.807, 2.05) is 35.1 Å². The molecule has 2 aromatic heterocycles. The van der Waals surface area contributed by atoms with Gasteiger partial charge in [-0.2, -0.15) is 0 Å². The first-order valence-electron chi connectivity index (χ1n) is 8.18. The van der Waals surface area contributed by atoms with Crippen LogP contribution in [0.5, 0.6) is 0 Å². The highest BCUT2D eigenvalue weighted by Crippen LogP contribution is 2.22. The number of aromatic nitrogens is 4. The number of rotatable bonds is 5. The lowest BCUT2D eigenvalue weighted by atomic mass is 10.2. The summed E-state index contributed by atoms with van der Waals surface area (Å²) in [5.74, 6) is 0. The Bertz CT molecular complexity index is 821. The molecule has 4 rings (SSSR count). The molecular weight excluding hydrogens is 382 g/mol. The van der Waals surface area contributed by atoms with Crippen molar-refractivity contribution in [1.29, 1.82) is 0 Å². The largest absolute Gasteiger partial charge is 0.370 e. The fourth-order valence-corrected chi connectivity index (χ4v) is 3.21. The van der Waals surface area contributed by atoms with E-state index in [0.29, 0.717) is 6.61 Å². The Morgan fingerprint density at radius 3 is 2.88 bits per heavy atom. The molecule has 1 N–H and O–H groups in total. The monoisotopic (exact) mass is 399 g/mol. The predicted molar refractivity (Wildman–Crippen MR) is 97.9 cm³/mol. The average molecular weight is 400 g/mol. The molecular formula is C18H18BrN5O. The van der Waals surface area contributed by atoms with E-state index >= 15 is 0 Å². The van der Waals surface area contributed by atoms with Crippen LogP contribution in [0.3, 0.4) is 0 Å². The van der Waals surface area contributed by atoms with Crippen molar-refractivity contribution in [3.05, 3.63) is 65.0 Å². The van der Waals surface area contributed by atoms with Gasteiger partial charge < -0.3 is 10.1 Å². The molecule has 6 nitrogen and oxygen atoms in total. The number of ether oxygens (including phenoxy) is 1. The van der Waals surface area contributed by atoms with E-state index in [2.05, 4.69) is 48.7 Å². The van der Waals surface area contributed by atoms with Crippen LogP contribution in [0.4, 0.5) is 0 Å². The van der Waals surface area contributed by atoms with Crippen LogP contribution in [-0.2, 0) is 11.3 Å². The molecule has 0 saturated carbocycles. The Labute approximate surface area is 154 Å². The quantitative estimate of drug-likeness (QED) is 0.714. The summed E-state index contributed by atoms with van der Waals surface area (Å²) in [6.45, 7) is 2.21. The van der Waals surface area contributed by atoms with Gasteiger partial charge in [-0.1, -0.05) is 33.3 Å².